The van der Waals surface area contributed by atoms with Crippen molar-refractivity contribution in [2.45, 2.75) is 49.7 Å². The summed E-state index contributed by atoms with van der Waals surface area (Å²) in [6, 6.07) is 2.80. The Morgan fingerprint density at radius 2 is 2.05 bits per heavy atom. The summed E-state index contributed by atoms with van der Waals surface area (Å²) < 4.78 is 2.34. The lowest BCUT2D eigenvalue weighted by molar-refractivity contribution is 0.651. The van der Waals surface area contributed by atoms with E-state index in [-0.39, 0.29) is 0 Å². The fourth-order valence-corrected chi connectivity index (χ4v) is 3.41. The summed E-state index contributed by atoms with van der Waals surface area (Å²) in [7, 11) is 0. The molecule has 0 N–H and O–H groups in total. The fourth-order valence-electron chi connectivity index (χ4n) is 2.47. The van der Waals surface area contributed by atoms with Gasteiger partial charge in [-0.25, -0.2) is 0 Å². The van der Waals surface area contributed by atoms with Gasteiger partial charge in [-0.05, 0) is 32.1 Å². The molecule has 19 heavy (non-hydrogen) atoms. The van der Waals surface area contributed by atoms with Crippen molar-refractivity contribution in [3.8, 4) is 6.07 Å². The van der Waals surface area contributed by atoms with Crippen LogP contribution in [0, 0.1) is 11.3 Å². The Kier molecular flexibility index (Phi) is 3.92. The molecule has 0 bridgehead atoms. The SMILES string of the molecule is N#CCCCSc1nnc(N2CCCC2)n1C1CC1. The summed E-state index contributed by atoms with van der Waals surface area (Å²) in [4.78, 5) is 2.37. The van der Waals surface area contributed by atoms with Crippen molar-refractivity contribution in [1.29, 1.82) is 5.26 Å². The van der Waals surface area contributed by atoms with Gasteiger partial charge in [0.15, 0.2) is 5.16 Å². The number of thioether (sulfide) groups is 1. The molecule has 1 aromatic rings. The van der Waals surface area contributed by atoms with E-state index in [1.807, 2.05) is 0 Å². The molecule has 1 saturated carbocycles. The third-order valence-electron chi connectivity index (χ3n) is 3.61. The van der Waals surface area contributed by atoms with E-state index in [1.54, 1.807) is 11.8 Å². The van der Waals surface area contributed by atoms with Crippen molar-refractivity contribution in [2.75, 3.05) is 23.7 Å². The van der Waals surface area contributed by atoms with Gasteiger partial charge in [0.1, 0.15) is 0 Å². The average molecular weight is 277 g/mol. The van der Waals surface area contributed by atoms with Gasteiger partial charge in [0, 0.05) is 31.3 Å². The minimum atomic E-state index is 0.615. The zero-order valence-corrected chi connectivity index (χ0v) is 11.9. The molecule has 5 nitrogen and oxygen atoms in total. The number of unbranched alkanes of at least 4 members (excludes halogenated alkanes) is 1. The van der Waals surface area contributed by atoms with Gasteiger partial charge in [0.2, 0.25) is 5.95 Å². The van der Waals surface area contributed by atoms with Crippen molar-refractivity contribution in [3.05, 3.63) is 0 Å². The van der Waals surface area contributed by atoms with E-state index in [0.717, 1.165) is 36.4 Å². The first kappa shape index (κ1) is 12.8. The molecule has 0 amide bonds. The second-order valence-corrected chi connectivity index (χ2v) is 6.25. The molecule has 1 saturated heterocycles. The summed E-state index contributed by atoms with van der Waals surface area (Å²) >= 11 is 1.75. The van der Waals surface area contributed by atoms with Gasteiger partial charge in [-0.15, -0.1) is 10.2 Å². The van der Waals surface area contributed by atoms with Crippen molar-refractivity contribution in [1.82, 2.24) is 14.8 Å². The highest BCUT2D eigenvalue weighted by atomic mass is 32.2. The molecule has 1 aromatic heterocycles. The maximum absolute atomic E-state index is 8.56. The zero-order valence-electron chi connectivity index (χ0n) is 11.1. The Hall–Kier alpha value is -1.22. The van der Waals surface area contributed by atoms with E-state index in [9.17, 15) is 0 Å². The molecule has 6 heteroatoms. The smallest absolute Gasteiger partial charge is 0.228 e. The molecular formula is C13H19N5S. The predicted molar refractivity (Wildman–Crippen MR) is 75.3 cm³/mol. The molecule has 1 aliphatic heterocycles. The van der Waals surface area contributed by atoms with Crippen LogP contribution in [0.4, 0.5) is 5.95 Å². The summed E-state index contributed by atoms with van der Waals surface area (Å²) in [5.74, 6) is 2.03. The molecule has 1 aliphatic carbocycles. The van der Waals surface area contributed by atoms with Crippen LogP contribution in [-0.4, -0.2) is 33.6 Å². The molecule has 2 fully saturated rings. The van der Waals surface area contributed by atoms with Crippen LogP contribution in [0.1, 0.15) is 44.6 Å². The maximum Gasteiger partial charge on any atom is 0.228 e. The molecule has 102 valence electrons. The van der Waals surface area contributed by atoms with Crippen molar-refractivity contribution in [2.24, 2.45) is 0 Å². The lowest BCUT2D eigenvalue weighted by Gasteiger charge is -2.17. The van der Waals surface area contributed by atoms with E-state index in [0.29, 0.717) is 12.5 Å². The Morgan fingerprint density at radius 3 is 2.74 bits per heavy atom. The van der Waals surface area contributed by atoms with Crippen LogP contribution in [0.2, 0.25) is 0 Å². The van der Waals surface area contributed by atoms with Crippen LogP contribution >= 0.6 is 11.8 Å². The average Bonchev–Trinajstić information content (AvgIpc) is 2.96. The Bertz CT molecular complexity index is 468. The molecule has 0 aromatic carbocycles. The number of nitrogens with zero attached hydrogens (tertiary/aromatic N) is 5. The van der Waals surface area contributed by atoms with Crippen LogP contribution < -0.4 is 4.90 Å². The number of hydrogen-bond donors (Lipinski definition) is 0. The van der Waals surface area contributed by atoms with Gasteiger partial charge in [0.25, 0.3) is 0 Å². The summed E-state index contributed by atoms with van der Waals surface area (Å²) in [6.45, 7) is 2.23. The summed E-state index contributed by atoms with van der Waals surface area (Å²) in [5.41, 5.74) is 0. The van der Waals surface area contributed by atoms with E-state index < -0.39 is 0 Å². The predicted octanol–water partition coefficient (Wildman–Crippen LogP) is 2.61. The number of nitriles is 1. The Labute approximate surface area is 118 Å². The standard InChI is InChI=1S/C13H19N5S/c14-7-1-4-10-19-13-16-15-12(17-8-2-3-9-17)18(13)11-5-6-11/h11H,1-6,8-10H2. The normalized spacial score (nSPS) is 18.8. The maximum atomic E-state index is 8.56. The molecule has 0 atom stereocenters. The molecule has 2 aliphatic rings. The van der Waals surface area contributed by atoms with Crippen molar-refractivity contribution < 1.29 is 0 Å². The number of anilines is 1. The van der Waals surface area contributed by atoms with Gasteiger partial charge >= 0.3 is 0 Å². The summed E-state index contributed by atoms with van der Waals surface area (Å²) in [6.07, 6.45) is 6.60. The van der Waals surface area contributed by atoms with Gasteiger partial charge < -0.3 is 4.90 Å². The van der Waals surface area contributed by atoms with E-state index in [1.165, 1.54) is 25.7 Å². The third kappa shape index (κ3) is 2.86. The number of hydrogen-bond acceptors (Lipinski definition) is 5. The van der Waals surface area contributed by atoms with E-state index in [2.05, 4.69) is 25.7 Å². The second kappa shape index (κ2) is 5.83. The van der Waals surface area contributed by atoms with Crippen LogP contribution in [0.3, 0.4) is 0 Å². The van der Waals surface area contributed by atoms with E-state index in [4.69, 9.17) is 5.26 Å². The minimum absolute atomic E-state index is 0.615. The summed E-state index contributed by atoms with van der Waals surface area (Å²) in [5, 5.41) is 18.4. The van der Waals surface area contributed by atoms with Crippen molar-refractivity contribution >= 4 is 17.7 Å². The highest BCUT2D eigenvalue weighted by Crippen LogP contribution is 2.41. The first-order valence-electron chi connectivity index (χ1n) is 7.10. The third-order valence-corrected chi connectivity index (χ3v) is 4.64. The van der Waals surface area contributed by atoms with Gasteiger partial charge in [-0.1, -0.05) is 11.8 Å². The fraction of sp³-hybridized carbons (Fsp3) is 0.769. The lowest BCUT2D eigenvalue weighted by Crippen LogP contribution is -2.22. The van der Waals surface area contributed by atoms with Crippen LogP contribution in [0.25, 0.3) is 0 Å². The lowest BCUT2D eigenvalue weighted by atomic mass is 10.4. The van der Waals surface area contributed by atoms with Gasteiger partial charge in [-0.2, -0.15) is 5.26 Å². The topological polar surface area (TPSA) is 57.7 Å². The number of aromatic nitrogens is 3. The number of rotatable bonds is 6. The van der Waals surface area contributed by atoms with Gasteiger partial charge in [-0.3, -0.25) is 4.57 Å². The van der Waals surface area contributed by atoms with Gasteiger partial charge in [0.05, 0.1) is 6.07 Å². The Morgan fingerprint density at radius 1 is 1.26 bits per heavy atom. The highest BCUT2D eigenvalue weighted by molar-refractivity contribution is 7.99. The van der Waals surface area contributed by atoms with E-state index >= 15 is 0 Å². The second-order valence-electron chi connectivity index (χ2n) is 5.19. The molecular weight excluding hydrogens is 258 g/mol. The zero-order chi connectivity index (χ0) is 13.1. The monoisotopic (exact) mass is 277 g/mol. The van der Waals surface area contributed by atoms with Crippen molar-refractivity contribution in [3.63, 3.8) is 0 Å². The first-order valence-corrected chi connectivity index (χ1v) is 8.08. The molecule has 2 heterocycles. The largest absolute Gasteiger partial charge is 0.341 e. The first-order chi connectivity index (χ1) is 9.40. The highest BCUT2D eigenvalue weighted by Gasteiger charge is 2.32. The molecule has 0 spiro atoms. The molecule has 3 rings (SSSR count). The molecule has 0 unspecified atom stereocenters. The van der Waals surface area contributed by atoms with Crippen LogP contribution in [-0.2, 0) is 0 Å². The van der Waals surface area contributed by atoms with Crippen LogP contribution in [0.5, 0.6) is 0 Å². The Balaban J connectivity index is 1.71. The quantitative estimate of drug-likeness (QED) is 0.591. The molecule has 0 radical (unpaired) electrons. The minimum Gasteiger partial charge on any atom is -0.341 e. The van der Waals surface area contributed by atoms with Crippen LogP contribution in [0.15, 0.2) is 5.16 Å².